The Bertz CT molecular complexity index is 312. The SMILES string of the molecule is CCOCCOC(=O)OC1CC(C)(C)N(O)C(C)(C)C1. The van der Waals surface area contributed by atoms with E-state index in [9.17, 15) is 10.0 Å². The summed E-state index contributed by atoms with van der Waals surface area (Å²) in [6.07, 6.45) is 0.191. The zero-order chi connectivity index (χ0) is 15.4. The molecule has 0 amide bonds. The molecule has 0 saturated carbocycles. The lowest BCUT2D eigenvalue weighted by molar-refractivity contribution is -0.257. The number of hydrogen-bond donors (Lipinski definition) is 1. The second kappa shape index (κ2) is 6.74. The minimum Gasteiger partial charge on any atom is -0.432 e. The van der Waals surface area contributed by atoms with Gasteiger partial charge in [-0.1, -0.05) is 0 Å². The summed E-state index contributed by atoms with van der Waals surface area (Å²) >= 11 is 0. The fourth-order valence-corrected chi connectivity index (χ4v) is 2.76. The van der Waals surface area contributed by atoms with Gasteiger partial charge in [0.15, 0.2) is 0 Å². The van der Waals surface area contributed by atoms with Crippen molar-refractivity contribution in [2.24, 2.45) is 0 Å². The molecule has 1 heterocycles. The van der Waals surface area contributed by atoms with Crippen LogP contribution in [0.5, 0.6) is 0 Å². The molecular formula is C14H27NO5. The monoisotopic (exact) mass is 289 g/mol. The molecule has 0 spiro atoms. The van der Waals surface area contributed by atoms with Gasteiger partial charge in [-0.05, 0) is 34.6 Å². The number of hydrogen-bond acceptors (Lipinski definition) is 6. The highest BCUT2D eigenvalue weighted by molar-refractivity contribution is 5.60. The quantitative estimate of drug-likeness (QED) is 0.620. The van der Waals surface area contributed by atoms with Crippen LogP contribution < -0.4 is 0 Å². The van der Waals surface area contributed by atoms with Gasteiger partial charge in [-0.2, -0.15) is 5.06 Å². The maximum atomic E-state index is 11.6. The minimum atomic E-state index is -0.673. The Morgan fingerprint density at radius 1 is 1.20 bits per heavy atom. The molecule has 1 aliphatic heterocycles. The molecule has 0 atom stereocenters. The van der Waals surface area contributed by atoms with E-state index in [1.165, 1.54) is 5.06 Å². The van der Waals surface area contributed by atoms with Crippen molar-refractivity contribution in [1.29, 1.82) is 0 Å². The number of nitrogens with zero attached hydrogens (tertiary/aromatic N) is 1. The molecule has 20 heavy (non-hydrogen) atoms. The lowest BCUT2D eigenvalue weighted by Gasteiger charge is -2.50. The molecule has 118 valence electrons. The van der Waals surface area contributed by atoms with Crippen LogP contribution in [-0.2, 0) is 14.2 Å². The van der Waals surface area contributed by atoms with Crippen molar-refractivity contribution in [2.75, 3.05) is 19.8 Å². The molecule has 1 rings (SSSR count). The molecule has 1 N–H and O–H groups in total. The van der Waals surface area contributed by atoms with E-state index in [0.29, 0.717) is 26.1 Å². The van der Waals surface area contributed by atoms with Crippen molar-refractivity contribution in [3.63, 3.8) is 0 Å². The van der Waals surface area contributed by atoms with Crippen LogP contribution >= 0.6 is 0 Å². The number of rotatable bonds is 5. The molecule has 1 fully saturated rings. The summed E-state index contributed by atoms with van der Waals surface area (Å²) in [7, 11) is 0. The van der Waals surface area contributed by atoms with Crippen LogP contribution in [0.1, 0.15) is 47.5 Å². The predicted octanol–water partition coefficient (Wildman–Crippen LogP) is 2.59. The van der Waals surface area contributed by atoms with E-state index in [-0.39, 0.29) is 12.7 Å². The molecule has 0 aliphatic carbocycles. The average molecular weight is 289 g/mol. The topological polar surface area (TPSA) is 68.2 Å². The number of hydroxylamine groups is 2. The summed E-state index contributed by atoms with van der Waals surface area (Å²) in [5.41, 5.74) is -0.893. The Kier molecular flexibility index (Phi) is 5.79. The van der Waals surface area contributed by atoms with Crippen LogP contribution in [0.15, 0.2) is 0 Å². The fourth-order valence-electron chi connectivity index (χ4n) is 2.76. The zero-order valence-corrected chi connectivity index (χ0v) is 13.1. The molecule has 0 unspecified atom stereocenters. The summed E-state index contributed by atoms with van der Waals surface area (Å²) in [6.45, 7) is 10.7. The van der Waals surface area contributed by atoms with Gasteiger partial charge in [0.1, 0.15) is 12.7 Å². The van der Waals surface area contributed by atoms with Gasteiger partial charge in [-0.3, -0.25) is 0 Å². The first kappa shape index (κ1) is 17.2. The van der Waals surface area contributed by atoms with Gasteiger partial charge >= 0.3 is 6.16 Å². The van der Waals surface area contributed by atoms with Crippen molar-refractivity contribution in [3.8, 4) is 0 Å². The van der Waals surface area contributed by atoms with Crippen molar-refractivity contribution in [3.05, 3.63) is 0 Å². The average Bonchev–Trinajstić information content (AvgIpc) is 2.31. The van der Waals surface area contributed by atoms with Crippen LogP contribution in [0.3, 0.4) is 0 Å². The van der Waals surface area contributed by atoms with E-state index < -0.39 is 17.2 Å². The van der Waals surface area contributed by atoms with E-state index in [1.54, 1.807) is 0 Å². The Morgan fingerprint density at radius 3 is 2.25 bits per heavy atom. The highest BCUT2D eigenvalue weighted by atomic mass is 16.7. The van der Waals surface area contributed by atoms with Crippen LogP contribution in [0.2, 0.25) is 0 Å². The molecule has 0 aromatic heterocycles. The smallest absolute Gasteiger partial charge is 0.432 e. The van der Waals surface area contributed by atoms with Crippen molar-refractivity contribution in [2.45, 2.75) is 64.6 Å². The van der Waals surface area contributed by atoms with Gasteiger partial charge in [0.25, 0.3) is 0 Å². The normalized spacial score (nSPS) is 22.5. The van der Waals surface area contributed by atoms with E-state index in [0.717, 1.165) is 0 Å². The standard InChI is InChI=1S/C14H27NO5/c1-6-18-7-8-19-12(16)20-11-9-13(2,3)15(17)14(4,5)10-11/h11,17H,6-10H2,1-5H3. The molecule has 0 aromatic rings. The molecule has 0 aromatic carbocycles. The van der Waals surface area contributed by atoms with Crippen molar-refractivity contribution >= 4 is 6.16 Å². The summed E-state index contributed by atoms with van der Waals surface area (Å²) in [5, 5.41) is 11.5. The molecule has 6 nitrogen and oxygen atoms in total. The lowest BCUT2D eigenvalue weighted by Crippen LogP contribution is -2.60. The Morgan fingerprint density at radius 2 is 1.75 bits per heavy atom. The first-order chi connectivity index (χ1) is 9.19. The van der Waals surface area contributed by atoms with Gasteiger partial charge in [-0.15, -0.1) is 0 Å². The molecule has 1 saturated heterocycles. The van der Waals surface area contributed by atoms with Crippen LogP contribution in [0.4, 0.5) is 4.79 Å². The van der Waals surface area contributed by atoms with Crippen LogP contribution in [0.25, 0.3) is 0 Å². The Hall–Kier alpha value is -0.850. The molecule has 0 radical (unpaired) electrons. The summed E-state index contributed by atoms with van der Waals surface area (Å²) in [4.78, 5) is 11.6. The third-order valence-electron chi connectivity index (χ3n) is 3.52. The van der Waals surface area contributed by atoms with E-state index >= 15 is 0 Å². The number of carbonyl (C=O) groups excluding carboxylic acids is 1. The first-order valence-corrected chi connectivity index (χ1v) is 7.09. The second-order valence-corrected chi connectivity index (χ2v) is 6.38. The molecule has 0 bridgehead atoms. The highest BCUT2D eigenvalue weighted by Gasteiger charge is 2.46. The summed E-state index contributed by atoms with van der Waals surface area (Å²) < 4.78 is 15.4. The van der Waals surface area contributed by atoms with Crippen LogP contribution in [0, 0.1) is 0 Å². The molecular weight excluding hydrogens is 262 g/mol. The highest BCUT2D eigenvalue weighted by Crippen LogP contribution is 2.37. The van der Waals surface area contributed by atoms with Gasteiger partial charge in [-0.25, -0.2) is 4.79 Å². The third-order valence-corrected chi connectivity index (χ3v) is 3.52. The zero-order valence-electron chi connectivity index (χ0n) is 13.1. The van der Waals surface area contributed by atoms with Gasteiger partial charge in [0, 0.05) is 30.5 Å². The van der Waals surface area contributed by atoms with Gasteiger partial charge < -0.3 is 19.4 Å². The maximum Gasteiger partial charge on any atom is 0.508 e. The predicted molar refractivity (Wildman–Crippen MR) is 73.7 cm³/mol. The van der Waals surface area contributed by atoms with E-state index in [1.807, 2.05) is 34.6 Å². The number of carbonyl (C=O) groups is 1. The van der Waals surface area contributed by atoms with Gasteiger partial charge in [0.05, 0.1) is 6.61 Å². The number of piperidine rings is 1. The summed E-state index contributed by atoms with van der Waals surface area (Å²) in [5.74, 6) is 0. The molecule has 1 aliphatic rings. The van der Waals surface area contributed by atoms with E-state index in [2.05, 4.69) is 0 Å². The Labute approximate surface area is 120 Å². The third kappa shape index (κ3) is 4.61. The van der Waals surface area contributed by atoms with Crippen molar-refractivity contribution < 1.29 is 24.2 Å². The lowest BCUT2D eigenvalue weighted by atomic mass is 9.80. The minimum absolute atomic E-state index is 0.193. The molecule has 6 heteroatoms. The van der Waals surface area contributed by atoms with E-state index in [4.69, 9.17) is 14.2 Å². The van der Waals surface area contributed by atoms with Gasteiger partial charge in [0.2, 0.25) is 0 Å². The largest absolute Gasteiger partial charge is 0.508 e. The first-order valence-electron chi connectivity index (χ1n) is 7.09. The maximum absolute atomic E-state index is 11.6. The fraction of sp³-hybridized carbons (Fsp3) is 0.929. The summed E-state index contributed by atoms with van der Waals surface area (Å²) in [6, 6.07) is 0. The number of ether oxygens (including phenoxy) is 3. The van der Waals surface area contributed by atoms with Crippen molar-refractivity contribution in [1.82, 2.24) is 5.06 Å². The second-order valence-electron chi connectivity index (χ2n) is 6.38. The Balaban J connectivity index is 2.46. The van der Waals surface area contributed by atoms with Crippen LogP contribution in [-0.4, -0.2) is 53.4 Å².